The highest BCUT2D eigenvalue weighted by atomic mass is 79.9. The molecule has 0 aliphatic carbocycles. The second-order valence-corrected chi connectivity index (χ2v) is 4.56. The Labute approximate surface area is 116 Å². The summed E-state index contributed by atoms with van der Waals surface area (Å²) in [6, 6.07) is 5.53. The summed E-state index contributed by atoms with van der Waals surface area (Å²) in [5, 5.41) is 0. The van der Waals surface area contributed by atoms with Gasteiger partial charge < -0.3 is 16.2 Å². The van der Waals surface area contributed by atoms with E-state index >= 15 is 0 Å². The normalized spacial score (nSPS) is 10.2. The Kier molecular flexibility index (Phi) is 3.66. The van der Waals surface area contributed by atoms with E-state index in [-0.39, 0.29) is 22.9 Å². The number of nitrogens with two attached hydrogens (primary N) is 2. The quantitative estimate of drug-likeness (QED) is 0.906. The van der Waals surface area contributed by atoms with Crippen molar-refractivity contribution < 1.29 is 13.9 Å². The van der Waals surface area contributed by atoms with Gasteiger partial charge in [-0.3, -0.25) is 4.79 Å². The zero-order chi connectivity index (χ0) is 14.0. The molecule has 7 heteroatoms. The molecule has 0 spiro atoms. The highest BCUT2D eigenvalue weighted by Crippen LogP contribution is 2.29. The highest BCUT2D eigenvalue weighted by molar-refractivity contribution is 9.10. The maximum atomic E-state index is 13.6. The number of aromatic nitrogens is 1. The van der Waals surface area contributed by atoms with Crippen LogP contribution in [0.15, 0.2) is 34.9 Å². The molecule has 0 aliphatic rings. The number of nitrogens with zero attached hydrogens (tertiary/aromatic N) is 1. The van der Waals surface area contributed by atoms with E-state index in [9.17, 15) is 9.18 Å². The van der Waals surface area contributed by atoms with Crippen LogP contribution >= 0.6 is 15.9 Å². The Morgan fingerprint density at radius 2 is 2.05 bits per heavy atom. The maximum absolute atomic E-state index is 13.6. The Morgan fingerprint density at radius 3 is 2.68 bits per heavy atom. The number of halogens is 2. The first-order valence-electron chi connectivity index (χ1n) is 5.15. The summed E-state index contributed by atoms with van der Waals surface area (Å²) in [6.07, 6.45) is 1.22. The first kappa shape index (κ1) is 13.3. The van der Waals surface area contributed by atoms with Gasteiger partial charge in [0.2, 0.25) is 0 Å². The first-order valence-corrected chi connectivity index (χ1v) is 5.95. The number of hydrogen-bond donors (Lipinski definition) is 2. The fourth-order valence-corrected chi connectivity index (χ4v) is 1.74. The fourth-order valence-electron chi connectivity index (χ4n) is 1.41. The van der Waals surface area contributed by atoms with E-state index in [0.29, 0.717) is 4.47 Å². The minimum atomic E-state index is -0.735. The molecule has 0 aliphatic heterocycles. The molecular formula is C12H9BrFN3O2. The number of rotatable bonds is 3. The second-order valence-electron chi connectivity index (χ2n) is 3.65. The third-order valence-electron chi connectivity index (χ3n) is 2.27. The van der Waals surface area contributed by atoms with E-state index in [1.54, 1.807) is 6.07 Å². The van der Waals surface area contributed by atoms with Crippen molar-refractivity contribution in [3.63, 3.8) is 0 Å². The average molecular weight is 326 g/mol. The number of amides is 1. The minimum Gasteiger partial charge on any atom is -0.452 e. The molecule has 0 unspecified atom stereocenters. The monoisotopic (exact) mass is 325 g/mol. The number of hydrogen-bond acceptors (Lipinski definition) is 4. The standard InChI is InChI=1S/C12H9BrFN3O2/c13-6-1-2-9(8(14)3-6)19-10-5-17-11(15)4-7(10)12(16)18/h1-5H,(H2,15,17)(H2,16,18). The molecule has 1 heterocycles. The first-order chi connectivity index (χ1) is 8.97. The lowest BCUT2D eigenvalue weighted by Crippen LogP contribution is -2.13. The number of pyridine rings is 1. The summed E-state index contributed by atoms with van der Waals surface area (Å²) in [4.78, 5) is 15.0. The van der Waals surface area contributed by atoms with Crippen molar-refractivity contribution in [1.29, 1.82) is 0 Å². The predicted molar refractivity (Wildman–Crippen MR) is 71.3 cm³/mol. The molecular weight excluding hydrogens is 317 g/mol. The van der Waals surface area contributed by atoms with Crippen LogP contribution in [0.4, 0.5) is 10.2 Å². The van der Waals surface area contributed by atoms with E-state index in [1.807, 2.05) is 0 Å². The van der Waals surface area contributed by atoms with Gasteiger partial charge in [-0.05, 0) is 24.3 Å². The van der Waals surface area contributed by atoms with Gasteiger partial charge >= 0.3 is 0 Å². The van der Waals surface area contributed by atoms with Gasteiger partial charge in [-0.2, -0.15) is 0 Å². The third kappa shape index (κ3) is 3.00. The number of benzene rings is 1. The Balaban J connectivity index is 2.40. The lowest BCUT2D eigenvalue weighted by Gasteiger charge is -2.10. The van der Waals surface area contributed by atoms with Gasteiger partial charge in [0.25, 0.3) is 5.91 Å². The largest absolute Gasteiger partial charge is 0.452 e. The number of primary amides is 1. The van der Waals surface area contributed by atoms with Gasteiger partial charge in [0.1, 0.15) is 5.82 Å². The topological polar surface area (TPSA) is 91.2 Å². The van der Waals surface area contributed by atoms with E-state index in [0.717, 1.165) is 0 Å². The lowest BCUT2D eigenvalue weighted by molar-refractivity contribution is 0.0998. The van der Waals surface area contributed by atoms with Gasteiger partial charge in [0, 0.05) is 4.47 Å². The van der Waals surface area contributed by atoms with Crippen LogP contribution in [-0.2, 0) is 0 Å². The van der Waals surface area contributed by atoms with Gasteiger partial charge in [-0.15, -0.1) is 0 Å². The van der Waals surface area contributed by atoms with Crippen molar-refractivity contribution in [3.8, 4) is 11.5 Å². The number of carbonyl (C=O) groups excluding carboxylic acids is 1. The molecule has 0 atom stereocenters. The summed E-state index contributed by atoms with van der Waals surface area (Å²) in [5.74, 6) is -1.19. The van der Waals surface area contributed by atoms with Crippen LogP contribution in [0.3, 0.4) is 0 Å². The van der Waals surface area contributed by atoms with Gasteiger partial charge in [0.15, 0.2) is 17.3 Å². The zero-order valence-corrected chi connectivity index (χ0v) is 11.1. The van der Waals surface area contributed by atoms with Crippen LogP contribution in [-0.4, -0.2) is 10.9 Å². The molecule has 1 amide bonds. The summed E-state index contributed by atoms with van der Waals surface area (Å²) in [5.41, 5.74) is 10.7. The average Bonchev–Trinajstić information content (AvgIpc) is 2.34. The number of anilines is 1. The van der Waals surface area contributed by atoms with Crippen LogP contribution < -0.4 is 16.2 Å². The van der Waals surface area contributed by atoms with Crippen molar-refractivity contribution in [3.05, 3.63) is 46.3 Å². The smallest absolute Gasteiger partial charge is 0.252 e. The lowest BCUT2D eigenvalue weighted by atomic mass is 10.2. The van der Waals surface area contributed by atoms with E-state index in [1.165, 1.54) is 24.4 Å². The Hall–Kier alpha value is -2.15. The summed E-state index contributed by atoms with van der Waals surface area (Å²) < 4.78 is 19.5. The molecule has 1 aromatic carbocycles. The Morgan fingerprint density at radius 1 is 1.32 bits per heavy atom. The molecule has 0 fully saturated rings. The van der Waals surface area contributed by atoms with Crippen molar-refractivity contribution >= 4 is 27.7 Å². The van der Waals surface area contributed by atoms with E-state index < -0.39 is 11.7 Å². The minimum absolute atomic E-state index is 0.0369. The SMILES string of the molecule is NC(=O)c1cc(N)ncc1Oc1ccc(Br)cc1F. The van der Waals surface area contributed by atoms with Gasteiger partial charge in [-0.25, -0.2) is 9.37 Å². The summed E-state index contributed by atoms with van der Waals surface area (Å²) in [7, 11) is 0. The van der Waals surface area contributed by atoms with Crippen LogP contribution in [0.25, 0.3) is 0 Å². The zero-order valence-electron chi connectivity index (χ0n) is 9.56. The fraction of sp³-hybridized carbons (Fsp3) is 0. The molecule has 5 nitrogen and oxygen atoms in total. The van der Waals surface area contributed by atoms with E-state index in [2.05, 4.69) is 20.9 Å². The molecule has 98 valence electrons. The van der Waals surface area contributed by atoms with Crippen molar-refractivity contribution in [2.75, 3.05) is 5.73 Å². The number of nitrogen functional groups attached to an aromatic ring is 1. The third-order valence-corrected chi connectivity index (χ3v) is 2.76. The molecule has 2 aromatic rings. The van der Waals surface area contributed by atoms with Crippen LogP contribution in [0, 0.1) is 5.82 Å². The molecule has 0 saturated carbocycles. The Bertz CT molecular complexity index is 649. The number of ether oxygens (including phenoxy) is 1. The molecule has 0 bridgehead atoms. The molecule has 2 rings (SSSR count). The van der Waals surface area contributed by atoms with Crippen molar-refractivity contribution in [2.24, 2.45) is 5.73 Å². The molecule has 1 aromatic heterocycles. The predicted octanol–water partition coefficient (Wildman–Crippen LogP) is 2.46. The molecule has 0 radical (unpaired) electrons. The van der Waals surface area contributed by atoms with Crippen LogP contribution in [0.2, 0.25) is 0 Å². The van der Waals surface area contributed by atoms with Gasteiger partial charge in [-0.1, -0.05) is 15.9 Å². The maximum Gasteiger partial charge on any atom is 0.252 e. The second kappa shape index (κ2) is 5.23. The van der Waals surface area contributed by atoms with Gasteiger partial charge in [0.05, 0.1) is 11.8 Å². The molecule has 19 heavy (non-hydrogen) atoms. The molecule has 0 saturated heterocycles. The van der Waals surface area contributed by atoms with E-state index in [4.69, 9.17) is 16.2 Å². The van der Waals surface area contributed by atoms with Crippen LogP contribution in [0.1, 0.15) is 10.4 Å². The summed E-state index contributed by atoms with van der Waals surface area (Å²) >= 11 is 3.13. The number of carbonyl (C=O) groups is 1. The van der Waals surface area contributed by atoms with Crippen molar-refractivity contribution in [2.45, 2.75) is 0 Å². The van der Waals surface area contributed by atoms with Crippen LogP contribution in [0.5, 0.6) is 11.5 Å². The highest BCUT2D eigenvalue weighted by Gasteiger charge is 2.13. The van der Waals surface area contributed by atoms with Crippen molar-refractivity contribution in [1.82, 2.24) is 4.98 Å². The summed E-state index contributed by atoms with van der Waals surface area (Å²) in [6.45, 7) is 0. The molecule has 4 N–H and O–H groups in total.